The Bertz CT molecular complexity index is 1150. The van der Waals surface area contributed by atoms with E-state index in [1.54, 1.807) is 24.7 Å². The van der Waals surface area contributed by atoms with Crippen LogP contribution in [0.3, 0.4) is 0 Å². The van der Waals surface area contributed by atoms with E-state index >= 15 is 0 Å². The summed E-state index contributed by atoms with van der Waals surface area (Å²) in [6.07, 6.45) is 7.42. The van der Waals surface area contributed by atoms with Crippen molar-refractivity contribution in [3.8, 4) is 22.3 Å². The van der Waals surface area contributed by atoms with Gasteiger partial charge in [-0.05, 0) is 54.7 Å². The topological polar surface area (TPSA) is 66.3 Å². The highest BCUT2D eigenvalue weighted by Crippen LogP contribution is 2.32. The van der Waals surface area contributed by atoms with E-state index in [-0.39, 0.29) is 12.5 Å². The molecule has 4 rings (SSSR count). The number of aromatic nitrogens is 2. The maximum Gasteiger partial charge on any atom is 0.253 e. The summed E-state index contributed by atoms with van der Waals surface area (Å²) >= 11 is 6.64. The molecule has 6 heteroatoms. The van der Waals surface area contributed by atoms with Gasteiger partial charge in [-0.2, -0.15) is 0 Å². The number of nitrogens with zero attached hydrogens (tertiary/aromatic N) is 3. The summed E-state index contributed by atoms with van der Waals surface area (Å²) in [5.41, 5.74) is 4.62. The second-order valence-corrected chi connectivity index (χ2v) is 10.0. The Balaban J connectivity index is 1.60. The Morgan fingerprint density at radius 2 is 1.82 bits per heavy atom. The van der Waals surface area contributed by atoms with E-state index in [0.717, 1.165) is 53.9 Å². The zero-order valence-corrected chi connectivity index (χ0v) is 20.1. The van der Waals surface area contributed by atoms with E-state index in [0.29, 0.717) is 16.5 Å². The predicted octanol–water partition coefficient (Wildman–Crippen LogP) is 5.61. The molecule has 1 aliphatic rings. The lowest BCUT2D eigenvalue weighted by atomic mass is 9.88. The molecular formula is C27H30ClN3O2. The van der Waals surface area contributed by atoms with Gasteiger partial charge in [-0.3, -0.25) is 14.8 Å². The van der Waals surface area contributed by atoms with Gasteiger partial charge in [0.05, 0.1) is 6.61 Å². The van der Waals surface area contributed by atoms with Crippen molar-refractivity contribution in [1.82, 2.24) is 14.9 Å². The summed E-state index contributed by atoms with van der Waals surface area (Å²) in [5.74, 6) is 0.712. The van der Waals surface area contributed by atoms with E-state index in [4.69, 9.17) is 11.6 Å². The van der Waals surface area contributed by atoms with Crippen LogP contribution in [-0.2, 0) is 5.41 Å². The Morgan fingerprint density at radius 3 is 2.52 bits per heavy atom. The number of pyridine rings is 2. The lowest BCUT2D eigenvalue weighted by Gasteiger charge is -2.30. The average molecular weight is 464 g/mol. The number of halogens is 1. The molecule has 0 bridgehead atoms. The van der Waals surface area contributed by atoms with Gasteiger partial charge in [-0.15, -0.1) is 0 Å². The van der Waals surface area contributed by atoms with E-state index in [9.17, 15) is 9.90 Å². The van der Waals surface area contributed by atoms with E-state index in [2.05, 4.69) is 16.9 Å². The van der Waals surface area contributed by atoms with Crippen molar-refractivity contribution in [3.63, 3.8) is 0 Å². The fraction of sp³-hybridized carbons (Fsp3) is 0.370. The van der Waals surface area contributed by atoms with Crippen molar-refractivity contribution in [2.24, 2.45) is 5.92 Å². The van der Waals surface area contributed by atoms with Gasteiger partial charge in [-0.25, -0.2) is 0 Å². The van der Waals surface area contributed by atoms with Crippen LogP contribution in [0.4, 0.5) is 0 Å². The van der Waals surface area contributed by atoms with Crippen LogP contribution in [-0.4, -0.2) is 45.6 Å². The molecule has 0 radical (unpaired) electrons. The average Bonchev–Trinajstić information content (AvgIpc) is 2.84. The number of aliphatic hydroxyl groups is 1. The summed E-state index contributed by atoms with van der Waals surface area (Å²) in [6, 6.07) is 11.5. The van der Waals surface area contributed by atoms with E-state index < -0.39 is 5.41 Å². The van der Waals surface area contributed by atoms with Crippen LogP contribution < -0.4 is 0 Å². The van der Waals surface area contributed by atoms with Gasteiger partial charge in [0.2, 0.25) is 0 Å². The molecule has 1 N–H and O–H groups in total. The minimum Gasteiger partial charge on any atom is -0.395 e. The van der Waals surface area contributed by atoms with E-state index in [1.165, 1.54) is 0 Å². The fourth-order valence-corrected chi connectivity index (χ4v) is 4.37. The van der Waals surface area contributed by atoms with Crippen molar-refractivity contribution in [2.45, 2.75) is 39.0 Å². The molecule has 0 saturated carbocycles. The van der Waals surface area contributed by atoms with Gasteiger partial charge in [0.1, 0.15) is 0 Å². The maximum absolute atomic E-state index is 12.9. The molecule has 0 spiro atoms. The Labute approximate surface area is 200 Å². The summed E-state index contributed by atoms with van der Waals surface area (Å²) < 4.78 is 0. The summed E-state index contributed by atoms with van der Waals surface area (Å²) in [5, 5.41) is 10.2. The van der Waals surface area contributed by atoms with Crippen LogP contribution >= 0.6 is 11.6 Å². The molecule has 0 aliphatic carbocycles. The molecule has 3 aromatic rings. The molecule has 1 aromatic carbocycles. The monoisotopic (exact) mass is 463 g/mol. The third-order valence-electron chi connectivity index (χ3n) is 6.52. The number of piperidine rings is 1. The van der Waals surface area contributed by atoms with Crippen molar-refractivity contribution in [2.75, 3.05) is 19.7 Å². The molecule has 1 amide bonds. The number of amides is 1. The van der Waals surface area contributed by atoms with Crippen molar-refractivity contribution >= 4 is 17.5 Å². The number of carbonyl (C=O) groups excluding carboxylic acids is 1. The van der Waals surface area contributed by atoms with Gasteiger partial charge in [-0.1, -0.05) is 38.4 Å². The first-order valence-electron chi connectivity index (χ1n) is 11.4. The number of benzene rings is 1. The first-order chi connectivity index (χ1) is 15.8. The van der Waals surface area contributed by atoms with Gasteiger partial charge in [0, 0.05) is 70.1 Å². The fourth-order valence-electron chi connectivity index (χ4n) is 4.08. The van der Waals surface area contributed by atoms with Crippen LogP contribution in [0.2, 0.25) is 5.02 Å². The highest BCUT2D eigenvalue weighted by molar-refractivity contribution is 6.33. The summed E-state index contributed by atoms with van der Waals surface area (Å²) in [6.45, 7) is 7.76. The zero-order chi connectivity index (χ0) is 23.6. The van der Waals surface area contributed by atoms with Crippen molar-refractivity contribution in [3.05, 3.63) is 71.3 Å². The van der Waals surface area contributed by atoms with Crippen molar-refractivity contribution in [1.29, 1.82) is 0 Å². The summed E-state index contributed by atoms with van der Waals surface area (Å²) in [4.78, 5) is 23.7. The minimum atomic E-state index is -0.431. The number of rotatable bonds is 5. The zero-order valence-electron chi connectivity index (χ0n) is 19.4. The molecule has 1 saturated heterocycles. The standard InChI is InChI=1S/C27H30ClN3O2/c1-18-7-10-31(11-8-18)26(33)20-4-5-23(24(28)13-20)22-12-21(15-29-16-22)19-6-9-30-25(14-19)27(2,3)17-32/h4-6,9,12-16,18,32H,7-8,10-11,17H2,1-3H3. The molecule has 33 heavy (non-hydrogen) atoms. The maximum atomic E-state index is 12.9. The van der Waals surface area contributed by atoms with Crippen molar-refractivity contribution < 1.29 is 9.90 Å². The minimum absolute atomic E-state index is 0.0128. The van der Waals surface area contributed by atoms with Crippen LogP contribution in [0, 0.1) is 5.92 Å². The number of aliphatic hydroxyl groups excluding tert-OH is 1. The Morgan fingerprint density at radius 1 is 1.09 bits per heavy atom. The van der Waals surface area contributed by atoms with Gasteiger partial charge < -0.3 is 10.0 Å². The lowest BCUT2D eigenvalue weighted by molar-refractivity contribution is 0.0697. The first-order valence-corrected chi connectivity index (χ1v) is 11.8. The molecule has 2 aromatic heterocycles. The molecule has 172 valence electrons. The van der Waals surface area contributed by atoms with E-state index in [1.807, 2.05) is 49.1 Å². The van der Waals surface area contributed by atoms with Crippen LogP contribution in [0.25, 0.3) is 22.3 Å². The quantitative estimate of drug-likeness (QED) is 0.534. The first kappa shape index (κ1) is 23.4. The van der Waals surface area contributed by atoms with Gasteiger partial charge in [0.25, 0.3) is 5.91 Å². The lowest BCUT2D eigenvalue weighted by Crippen LogP contribution is -2.37. The second kappa shape index (κ2) is 9.62. The van der Waals surface area contributed by atoms with Crippen LogP contribution in [0.5, 0.6) is 0 Å². The third-order valence-corrected chi connectivity index (χ3v) is 6.83. The molecular weight excluding hydrogens is 434 g/mol. The van der Waals surface area contributed by atoms with Crippen LogP contribution in [0.15, 0.2) is 55.0 Å². The number of carbonyl (C=O) groups is 1. The number of hydrogen-bond acceptors (Lipinski definition) is 4. The highest BCUT2D eigenvalue weighted by Gasteiger charge is 2.23. The predicted molar refractivity (Wildman–Crippen MR) is 132 cm³/mol. The Kier molecular flexibility index (Phi) is 6.82. The molecule has 0 unspecified atom stereocenters. The third kappa shape index (κ3) is 5.10. The second-order valence-electron chi connectivity index (χ2n) is 9.60. The normalized spacial score (nSPS) is 15.0. The molecule has 1 fully saturated rings. The largest absolute Gasteiger partial charge is 0.395 e. The molecule has 5 nitrogen and oxygen atoms in total. The molecule has 1 aliphatic heterocycles. The molecule has 0 atom stereocenters. The van der Waals surface area contributed by atoms with Gasteiger partial charge in [0.15, 0.2) is 0 Å². The SMILES string of the molecule is CC1CCN(C(=O)c2ccc(-c3cncc(-c4ccnc(C(C)(C)CO)c4)c3)c(Cl)c2)CC1. The van der Waals surface area contributed by atoms with Crippen LogP contribution in [0.1, 0.15) is 49.7 Å². The smallest absolute Gasteiger partial charge is 0.253 e. The summed E-state index contributed by atoms with van der Waals surface area (Å²) in [7, 11) is 0. The van der Waals surface area contributed by atoms with Gasteiger partial charge >= 0.3 is 0 Å². The Hall–Kier alpha value is -2.76. The number of likely N-dealkylation sites (tertiary alicyclic amines) is 1. The number of hydrogen-bond donors (Lipinski definition) is 1. The molecule has 3 heterocycles. The highest BCUT2D eigenvalue weighted by atomic mass is 35.5.